The third-order valence-electron chi connectivity index (χ3n) is 4.50. The first-order chi connectivity index (χ1) is 14.1. The SMILES string of the molecule is Cc1ccc(N=C2S/C(=C/c3ccc(F)cc3)C(=O)N2Cc2ccccc2)cc1. The molecule has 3 aromatic carbocycles. The predicted molar refractivity (Wildman–Crippen MR) is 117 cm³/mol. The van der Waals surface area contributed by atoms with Crippen LogP contribution in [0.4, 0.5) is 10.1 Å². The van der Waals surface area contributed by atoms with Crippen molar-refractivity contribution in [2.24, 2.45) is 4.99 Å². The summed E-state index contributed by atoms with van der Waals surface area (Å²) in [7, 11) is 0. The Bertz CT molecular complexity index is 1070. The molecule has 3 nitrogen and oxygen atoms in total. The van der Waals surface area contributed by atoms with Gasteiger partial charge in [-0.05, 0) is 60.2 Å². The number of amidine groups is 1. The zero-order chi connectivity index (χ0) is 20.2. The molecule has 3 aromatic rings. The average molecular weight is 402 g/mol. The largest absolute Gasteiger partial charge is 0.282 e. The highest BCUT2D eigenvalue weighted by atomic mass is 32.2. The second-order valence-electron chi connectivity index (χ2n) is 6.77. The van der Waals surface area contributed by atoms with Crippen LogP contribution in [-0.4, -0.2) is 16.0 Å². The van der Waals surface area contributed by atoms with E-state index in [1.165, 1.54) is 23.9 Å². The number of nitrogens with zero attached hydrogens (tertiary/aromatic N) is 2. The number of thioether (sulfide) groups is 1. The third-order valence-corrected chi connectivity index (χ3v) is 5.50. The van der Waals surface area contributed by atoms with E-state index in [0.717, 1.165) is 22.4 Å². The molecule has 1 heterocycles. The minimum Gasteiger partial charge on any atom is -0.282 e. The molecule has 0 radical (unpaired) electrons. The Morgan fingerprint density at radius 2 is 1.66 bits per heavy atom. The number of aryl methyl sites for hydroxylation is 1. The number of amides is 1. The van der Waals surface area contributed by atoms with Gasteiger partial charge in [-0.2, -0.15) is 0 Å². The van der Waals surface area contributed by atoms with Crippen molar-refractivity contribution < 1.29 is 9.18 Å². The van der Waals surface area contributed by atoms with Gasteiger partial charge in [-0.1, -0.05) is 60.2 Å². The van der Waals surface area contributed by atoms with Gasteiger partial charge in [0.2, 0.25) is 0 Å². The number of hydrogen-bond donors (Lipinski definition) is 0. The second kappa shape index (κ2) is 8.45. The molecule has 1 fully saturated rings. The van der Waals surface area contributed by atoms with Gasteiger partial charge in [0.25, 0.3) is 5.91 Å². The predicted octanol–water partition coefficient (Wildman–Crippen LogP) is 5.94. The van der Waals surface area contributed by atoms with Crippen molar-refractivity contribution in [3.63, 3.8) is 0 Å². The Hall–Kier alpha value is -3.18. The van der Waals surface area contributed by atoms with Gasteiger partial charge in [-0.15, -0.1) is 0 Å². The zero-order valence-corrected chi connectivity index (χ0v) is 16.7. The van der Waals surface area contributed by atoms with Gasteiger partial charge in [0, 0.05) is 0 Å². The summed E-state index contributed by atoms with van der Waals surface area (Å²) in [4.78, 5) is 20.1. The number of halogens is 1. The highest BCUT2D eigenvalue weighted by Crippen LogP contribution is 2.35. The third kappa shape index (κ3) is 4.63. The van der Waals surface area contributed by atoms with E-state index >= 15 is 0 Å². The van der Waals surface area contributed by atoms with Crippen LogP contribution < -0.4 is 0 Å². The maximum Gasteiger partial charge on any atom is 0.267 e. The minimum atomic E-state index is -0.301. The first-order valence-corrected chi connectivity index (χ1v) is 10.1. The van der Waals surface area contributed by atoms with Crippen molar-refractivity contribution in [2.75, 3.05) is 0 Å². The van der Waals surface area contributed by atoms with Gasteiger partial charge < -0.3 is 0 Å². The fourth-order valence-electron chi connectivity index (χ4n) is 2.94. The molecule has 0 aromatic heterocycles. The summed E-state index contributed by atoms with van der Waals surface area (Å²) in [6.45, 7) is 2.47. The monoisotopic (exact) mass is 402 g/mol. The van der Waals surface area contributed by atoms with E-state index in [0.29, 0.717) is 16.6 Å². The van der Waals surface area contributed by atoms with Crippen molar-refractivity contribution in [1.29, 1.82) is 0 Å². The molecule has 0 spiro atoms. The molecule has 1 aliphatic rings. The number of carbonyl (C=O) groups is 1. The van der Waals surface area contributed by atoms with Crippen LogP contribution in [-0.2, 0) is 11.3 Å². The first kappa shape index (κ1) is 19.2. The number of benzene rings is 3. The lowest BCUT2D eigenvalue weighted by atomic mass is 10.2. The molecule has 5 heteroatoms. The quantitative estimate of drug-likeness (QED) is 0.506. The standard InChI is InChI=1S/C24H19FN2OS/c1-17-7-13-21(14-8-17)26-24-27(16-19-5-3-2-4-6-19)23(28)22(29-24)15-18-9-11-20(25)12-10-18/h2-15H,16H2,1H3/b22-15+,26-24?. The lowest BCUT2D eigenvalue weighted by Crippen LogP contribution is -2.28. The number of rotatable bonds is 4. The van der Waals surface area contributed by atoms with Crippen LogP contribution in [0.1, 0.15) is 16.7 Å². The van der Waals surface area contributed by atoms with Gasteiger partial charge in [-0.3, -0.25) is 9.69 Å². The fraction of sp³-hybridized carbons (Fsp3) is 0.0833. The van der Waals surface area contributed by atoms with Crippen molar-refractivity contribution in [3.05, 3.63) is 106 Å². The molecule has 0 N–H and O–H groups in total. The highest BCUT2D eigenvalue weighted by molar-refractivity contribution is 8.18. The molecule has 0 unspecified atom stereocenters. The molecular formula is C24H19FN2OS. The fourth-order valence-corrected chi connectivity index (χ4v) is 3.93. The second-order valence-corrected chi connectivity index (χ2v) is 7.78. The number of carbonyl (C=O) groups excluding carboxylic acids is 1. The van der Waals surface area contributed by atoms with E-state index in [9.17, 15) is 9.18 Å². The Balaban J connectivity index is 1.69. The maximum atomic E-state index is 13.2. The summed E-state index contributed by atoms with van der Waals surface area (Å²) in [6.07, 6.45) is 1.78. The highest BCUT2D eigenvalue weighted by Gasteiger charge is 2.33. The summed E-state index contributed by atoms with van der Waals surface area (Å²) < 4.78 is 13.2. The summed E-state index contributed by atoms with van der Waals surface area (Å²) in [5.74, 6) is -0.404. The molecule has 0 saturated carbocycles. The van der Waals surface area contributed by atoms with Crippen LogP contribution in [0.5, 0.6) is 0 Å². The molecule has 1 aliphatic heterocycles. The van der Waals surface area contributed by atoms with Gasteiger partial charge in [0.15, 0.2) is 5.17 Å². The minimum absolute atomic E-state index is 0.103. The van der Waals surface area contributed by atoms with E-state index in [4.69, 9.17) is 4.99 Å². The molecule has 144 valence electrons. The van der Waals surface area contributed by atoms with Gasteiger partial charge >= 0.3 is 0 Å². The van der Waals surface area contributed by atoms with E-state index in [1.54, 1.807) is 23.1 Å². The lowest BCUT2D eigenvalue weighted by Gasteiger charge is -2.15. The maximum absolute atomic E-state index is 13.2. The van der Waals surface area contributed by atoms with Crippen LogP contribution in [0.15, 0.2) is 88.8 Å². The van der Waals surface area contributed by atoms with Crippen LogP contribution in [0.25, 0.3) is 6.08 Å². The van der Waals surface area contributed by atoms with Crippen molar-refractivity contribution in [3.8, 4) is 0 Å². The molecule has 0 atom stereocenters. The molecule has 1 saturated heterocycles. The number of hydrogen-bond acceptors (Lipinski definition) is 3. The lowest BCUT2D eigenvalue weighted by molar-refractivity contribution is -0.122. The van der Waals surface area contributed by atoms with Gasteiger partial charge in [0.1, 0.15) is 5.82 Å². The Kier molecular flexibility index (Phi) is 5.58. The average Bonchev–Trinajstić information content (AvgIpc) is 3.01. The summed E-state index contributed by atoms with van der Waals surface area (Å²) >= 11 is 1.34. The number of aliphatic imine (C=N–C) groups is 1. The van der Waals surface area contributed by atoms with Gasteiger partial charge in [0.05, 0.1) is 17.1 Å². The van der Waals surface area contributed by atoms with Crippen molar-refractivity contribution in [1.82, 2.24) is 4.90 Å². The van der Waals surface area contributed by atoms with E-state index in [1.807, 2.05) is 61.5 Å². The zero-order valence-electron chi connectivity index (χ0n) is 15.9. The smallest absolute Gasteiger partial charge is 0.267 e. The van der Waals surface area contributed by atoms with Crippen molar-refractivity contribution in [2.45, 2.75) is 13.5 Å². The van der Waals surface area contributed by atoms with E-state index < -0.39 is 0 Å². The molecular weight excluding hydrogens is 383 g/mol. The molecule has 29 heavy (non-hydrogen) atoms. The molecule has 4 rings (SSSR count). The Morgan fingerprint density at radius 3 is 2.34 bits per heavy atom. The topological polar surface area (TPSA) is 32.7 Å². The van der Waals surface area contributed by atoms with Crippen LogP contribution in [0.3, 0.4) is 0 Å². The van der Waals surface area contributed by atoms with E-state index in [-0.39, 0.29) is 11.7 Å². The summed E-state index contributed by atoms with van der Waals surface area (Å²) in [5.41, 5.74) is 3.76. The van der Waals surface area contributed by atoms with Crippen LogP contribution in [0.2, 0.25) is 0 Å². The molecule has 1 amide bonds. The molecule has 0 bridgehead atoms. The van der Waals surface area contributed by atoms with Gasteiger partial charge in [-0.25, -0.2) is 9.38 Å². The summed E-state index contributed by atoms with van der Waals surface area (Å²) in [5, 5.41) is 0.635. The first-order valence-electron chi connectivity index (χ1n) is 9.25. The Morgan fingerprint density at radius 1 is 0.966 bits per heavy atom. The van der Waals surface area contributed by atoms with Crippen molar-refractivity contribution >= 4 is 34.6 Å². The normalized spacial score (nSPS) is 16.8. The Labute approximate surface area is 173 Å². The van der Waals surface area contributed by atoms with E-state index in [2.05, 4.69) is 0 Å². The summed E-state index contributed by atoms with van der Waals surface area (Å²) in [6, 6.07) is 23.8. The molecule has 0 aliphatic carbocycles. The van der Waals surface area contributed by atoms with Crippen LogP contribution >= 0.6 is 11.8 Å². The van der Waals surface area contributed by atoms with Crippen LogP contribution in [0, 0.1) is 12.7 Å².